The van der Waals surface area contributed by atoms with Crippen LogP contribution in [0.1, 0.15) is 30.8 Å². The van der Waals surface area contributed by atoms with Gasteiger partial charge in [0.05, 0.1) is 6.54 Å². The zero-order valence-electron chi connectivity index (χ0n) is 10.9. The molecule has 2 aromatic rings. The minimum Gasteiger partial charge on any atom is -0.320 e. The van der Waals surface area contributed by atoms with Gasteiger partial charge in [0.15, 0.2) is 0 Å². The molecule has 0 saturated carbocycles. The summed E-state index contributed by atoms with van der Waals surface area (Å²) < 4.78 is 16.0. The molecule has 102 valence electrons. The van der Waals surface area contributed by atoms with Gasteiger partial charge in [0.2, 0.25) is 0 Å². The Balaban J connectivity index is 2.09. The van der Waals surface area contributed by atoms with E-state index in [0.29, 0.717) is 6.54 Å². The van der Waals surface area contributed by atoms with Crippen LogP contribution in [0.5, 0.6) is 0 Å². The van der Waals surface area contributed by atoms with Crippen LogP contribution in [0, 0.1) is 5.82 Å². The van der Waals surface area contributed by atoms with Crippen molar-refractivity contribution in [1.29, 1.82) is 0 Å². The average molecular weight is 327 g/mol. The Hall–Kier alpha value is -1.27. The third-order valence-corrected chi connectivity index (χ3v) is 3.47. The van der Waals surface area contributed by atoms with E-state index >= 15 is 0 Å². The van der Waals surface area contributed by atoms with Crippen LogP contribution >= 0.6 is 15.9 Å². The van der Waals surface area contributed by atoms with Gasteiger partial charge in [0.25, 0.3) is 0 Å². The molecule has 2 rings (SSSR count). The molecular weight excluding hydrogens is 311 g/mol. The Kier molecular flexibility index (Phi) is 4.66. The van der Waals surface area contributed by atoms with Crippen molar-refractivity contribution in [3.8, 4) is 0 Å². The number of aromatic nitrogens is 3. The SMILES string of the molecule is CC[C@@H](NCc1nncn1C)c1cc(F)cc(Br)c1. The van der Waals surface area contributed by atoms with Gasteiger partial charge in [-0.05, 0) is 30.2 Å². The average Bonchev–Trinajstić information content (AvgIpc) is 2.75. The van der Waals surface area contributed by atoms with E-state index in [4.69, 9.17) is 0 Å². The van der Waals surface area contributed by atoms with Crippen LogP contribution in [0.25, 0.3) is 0 Å². The van der Waals surface area contributed by atoms with Gasteiger partial charge in [-0.3, -0.25) is 0 Å². The molecule has 0 saturated heterocycles. The predicted molar refractivity (Wildman–Crippen MR) is 75.0 cm³/mol. The smallest absolute Gasteiger partial charge is 0.146 e. The second-order valence-corrected chi connectivity index (χ2v) is 5.32. The topological polar surface area (TPSA) is 42.7 Å². The van der Waals surface area contributed by atoms with E-state index in [1.165, 1.54) is 6.07 Å². The summed E-state index contributed by atoms with van der Waals surface area (Å²) >= 11 is 3.32. The molecule has 0 spiro atoms. The van der Waals surface area contributed by atoms with E-state index < -0.39 is 0 Å². The summed E-state index contributed by atoms with van der Waals surface area (Å²) in [6, 6.07) is 5.03. The Morgan fingerprint density at radius 3 is 2.79 bits per heavy atom. The molecule has 0 fully saturated rings. The highest BCUT2D eigenvalue weighted by Crippen LogP contribution is 2.22. The highest BCUT2D eigenvalue weighted by atomic mass is 79.9. The Labute approximate surface area is 120 Å². The fourth-order valence-electron chi connectivity index (χ4n) is 1.96. The standard InChI is InChI=1S/C13H16BrFN4/c1-3-12(9-4-10(14)6-11(15)5-9)16-7-13-18-17-8-19(13)2/h4-6,8,12,16H,3,7H2,1-2H3/t12-/m1/s1. The van der Waals surface area contributed by atoms with Crippen LogP contribution in [-0.4, -0.2) is 14.8 Å². The van der Waals surface area contributed by atoms with Crippen LogP contribution in [0.3, 0.4) is 0 Å². The number of nitrogens with zero attached hydrogens (tertiary/aromatic N) is 3. The number of hydrogen-bond acceptors (Lipinski definition) is 3. The highest BCUT2D eigenvalue weighted by molar-refractivity contribution is 9.10. The third kappa shape index (κ3) is 3.61. The quantitative estimate of drug-likeness (QED) is 0.918. The molecule has 1 N–H and O–H groups in total. The number of hydrogen-bond donors (Lipinski definition) is 1. The number of aryl methyl sites for hydroxylation is 1. The predicted octanol–water partition coefficient (Wildman–Crippen LogP) is 2.96. The molecule has 0 amide bonds. The van der Waals surface area contributed by atoms with Crippen molar-refractivity contribution in [2.75, 3.05) is 0 Å². The lowest BCUT2D eigenvalue weighted by molar-refractivity contribution is 0.497. The van der Waals surface area contributed by atoms with Gasteiger partial charge in [-0.2, -0.15) is 0 Å². The van der Waals surface area contributed by atoms with Gasteiger partial charge in [-0.1, -0.05) is 22.9 Å². The molecule has 0 bridgehead atoms. The summed E-state index contributed by atoms with van der Waals surface area (Å²) in [5.41, 5.74) is 0.927. The third-order valence-electron chi connectivity index (χ3n) is 3.01. The Morgan fingerprint density at radius 2 is 2.21 bits per heavy atom. The first kappa shape index (κ1) is 14.1. The van der Waals surface area contributed by atoms with Crippen LogP contribution in [0.2, 0.25) is 0 Å². The number of nitrogens with one attached hydrogen (secondary N) is 1. The van der Waals surface area contributed by atoms with Crippen molar-refractivity contribution in [1.82, 2.24) is 20.1 Å². The van der Waals surface area contributed by atoms with Gasteiger partial charge in [0.1, 0.15) is 18.0 Å². The van der Waals surface area contributed by atoms with E-state index in [9.17, 15) is 4.39 Å². The normalized spacial score (nSPS) is 12.6. The van der Waals surface area contributed by atoms with Gasteiger partial charge >= 0.3 is 0 Å². The molecular formula is C13H16BrFN4. The Morgan fingerprint density at radius 1 is 1.42 bits per heavy atom. The number of rotatable bonds is 5. The van der Waals surface area contributed by atoms with Crippen LogP contribution in [-0.2, 0) is 13.6 Å². The summed E-state index contributed by atoms with van der Waals surface area (Å²) in [6.45, 7) is 2.66. The second kappa shape index (κ2) is 6.25. The second-order valence-electron chi connectivity index (χ2n) is 4.40. The van der Waals surface area contributed by atoms with Crippen molar-refractivity contribution in [3.05, 3.63) is 46.2 Å². The molecule has 1 aromatic heterocycles. The van der Waals surface area contributed by atoms with Gasteiger partial charge in [-0.15, -0.1) is 10.2 Å². The highest BCUT2D eigenvalue weighted by Gasteiger charge is 2.12. The molecule has 1 heterocycles. The lowest BCUT2D eigenvalue weighted by Crippen LogP contribution is -2.22. The van der Waals surface area contributed by atoms with Crippen LogP contribution in [0.4, 0.5) is 4.39 Å². The summed E-state index contributed by atoms with van der Waals surface area (Å²) in [5.74, 6) is 0.622. The van der Waals surface area contributed by atoms with Crippen LogP contribution in [0.15, 0.2) is 29.0 Å². The van der Waals surface area contributed by atoms with Gasteiger partial charge < -0.3 is 9.88 Å². The summed E-state index contributed by atoms with van der Waals surface area (Å²) in [5, 5.41) is 11.2. The molecule has 0 aliphatic heterocycles. The maximum Gasteiger partial charge on any atom is 0.146 e. The first-order chi connectivity index (χ1) is 9.10. The molecule has 4 nitrogen and oxygen atoms in total. The molecule has 0 unspecified atom stereocenters. The minimum absolute atomic E-state index is 0.0868. The Bertz CT molecular complexity index is 535. The molecule has 1 atom stereocenters. The lowest BCUT2D eigenvalue weighted by Gasteiger charge is -2.17. The van der Waals surface area contributed by atoms with E-state index in [0.717, 1.165) is 22.3 Å². The van der Waals surface area contributed by atoms with Crippen LogP contribution < -0.4 is 5.32 Å². The largest absolute Gasteiger partial charge is 0.320 e. The van der Waals surface area contributed by atoms with E-state index in [-0.39, 0.29) is 11.9 Å². The van der Waals surface area contributed by atoms with Crippen molar-refractivity contribution < 1.29 is 4.39 Å². The zero-order chi connectivity index (χ0) is 13.8. The molecule has 1 aromatic carbocycles. The minimum atomic E-state index is -0.233. The van der Waals surface area contributed by atoms with Crippen molar-refractivity contribution >= 4 is 15.9 Å². The molecule has 19 heavy (non-hydrogen) atoms. The molecule has 0 radical (unpaired) electrons. The number of halogens is 2. The first-order valence-corrected chi connectivity index (χ1v) is 6.91. The zero-order valence-corrected chi connectivity index (χ0v) is 12.5. The lowest BCUT2D eigenvalue weighted by atomic mass is 10.0. The maximum atomic E-state index is 13.4. The fraction of sp³-hybridized carbons (Fsp3) is 0.385. The van der Waals surface area contributed by atoms with E-state index in [1.807, 2.05) is 17.7 Å². The van der Waals surface area contributed by atoms with Crippen molar-refractivity contribution in [2.24, 2.45) is 7.05 Å². The van der Waals surface area contributed by atoms with Crippen molar-refractivity contribution in [2.45, 2.75) is 25.9 Å². The van der Waals surface area contributed by atoms with E-state index in [2.05, 4.69) is 38.4 Å². The fourth-order valence-corrected chi connectivity index (χ4v) is 2.44. The summed E-state index contributed by atoms with van der Waals surface area (Å²) in [4.78, 5) is 0. The monoisotopic (exact) mass is 326 g/mol. The van der Waals surface area contributed by atoms with Gasteiger partial charge in [-0.25, -0.2) is 4.39 Å². The first-order valence-electron chi connectivity index (χ1n) is 6.12. The maximum absolute atomic E-state index is 13.4. The van der Waals surface area contributed by atoms with E-state index in [1.54, 1.807) is 12.4 Å². The summed E-state index contributed by atoms with van der Waals surface area (Å²) in [6.07, 6.45) is 2.53. The number of benzene rings is 1. The molecule has 0 aliphatic carbocycles. The molecule has 0 aliphatic rings. The summed E-state index contributed by atoms with van der Waals surface area (Å²) in [7, 11) is 1.90. The van der Waals surface area contributed by atoms with Gasteiger partial charge in [0, 0.05) is 17.6 Å². The molecule has 6 heteroatoms. The van der Waals surface area contributed by atoms with Crippen molar-refractivity contribution in [3.63, 3.8) is 0 Å².